The molecule has 0 radical (unpaired) electrons. The molecule has 0 aromatic heterocycles. The maximum Gasteiger partial charge on any atom is 0.0406 e. The summed E-state index contributed by atoms with van der Waals surface area (Å²) in [6.45, 7) is 3.60. The van der Waals surface area contributed by atoms with Crippen LogP contribution in [0.1, 0.15) is 30.9 Å². The minimum atomic E-state index is 0.137. The van der Waals surface area contributed by atoms with Crippen molar-refractivity contribution in [3.63, 3.8) is 0 Å². The maximum atomic E-state index is 6.15. The molecule has 1 aromatic carbocycles. The van der Waals surface area contributed by atoms with E-state index in [2.05, 4.69) is 4.90 Å². The zero-order valence-electron chi connectivity index (χ0n) is 9.53. The topological polar surface area (TPSA) is 29.3 Å². The minimum absolute atomic E-state index is 0.137. The van der Waals surface area contributed by atoms with Gasteiger partial charge < -0.3 is 10.6 Å². The highest BCUT2D eigenvalue weighted by atomic mass is 35.5. The van der Waals surface area contributed by atoms with Crippen molar-refractivity contribution in [1.82, 2.24) is 4.90 Å². The molecular formula is C13H19ClN2. The predicted molar refractivity (Wildman–Crippen MR) is 68.7 cm³/mol. The van der Waals surface area contributed by atoms with Crippen molar-refractivity contribution in [3.05, 3.63) is 34.9 Å². The number of rotatable bonds is 4. The van der Waals surface area contributed by atoms with Gasteiger partial charge in [-0.1, -0.05) is 23.7 Å². The molecule has 0 bridgehead atoms. The average Bonchev–Trinajstić information content (AvgIpc) is 2.80. The molecule has 1 aliphatic heterocycles. The normalized spacial score (nSPS) is 18.9. The van der Waals surface area contributed by atoms with Crippen LogP contribution in [0, 0.1) is 0 Å². The van der Waals surface area contributed by atoms with E-state index in [-0.39, 0.29) is 6.04 Å². The van der Waals surface area contributed by atoms with Crippen LogP contribution in [0.25, 0.3) is 0 Å². The zero-order valence-corrected chi connectivity index (χ0v) is 10.3. The lowest BCUT2D eigenvalue weighted by Gasteiger charge is -2.18. The first kappa shape index (κ1) is 11.9. The second-order valence-corrected chi connectivity index (χ2v) is 4.93. The van der Waals surface area contributed by atoms with E-state index in [4.69, 9.17) is 17.3 Å². The second-order valence-electron chi connectivity index (χ2n) is 4.50. The van der Waals surface area contributed by atoms with Gasteiger partial charge in [0.05, 0.1) is 0 Å². The quantitative estimate of drug-likeness (QED) is 0.874. The number of nitrogens with zero attached hydrogens (tertiary/aromatic N) is 1. The van der Waals surface area contributed by atoms with Gasteiger partial charge in [0.25, 0.3) is 0 Å². The van der Waals surface area contributed by atoms with Crippen LogP contribution in [0.4, 0.5) is 0 Å². The molecule has 0 saturated carbocycles. The van der Waals surface area contributed by atoms with E-state index in [0.717, 1.165) is 18.0 Å². The zero-order chi connectivity index (χ0) is 11.4. The summed E-state index contributed by atoms with van der Waals surface area (Å²) in [5, 5.41) is 0.774. The number of nitrogens with two attached hydrogens (primary N) is 1. The molecule has 0 amide bonds. The van der Waals surface area contributed by atoms with E-state index < -0.39 is 0 Å². The van der Waals surface area contributed by atoms with Gasteiger partial charge in [-0.3, -0.25) is 0 Å². The van der Waals surface area contributed by atoms with Crippen molar-refractivity contribution < 1.29 is 0 Å². The predicted octanol–water partition coefficient (Wildman–Crippen LogP) is 2.83. The Hall–Kier alpha value is -0.570. The fourth-order valence-electron chi connectivity index (χ4n) is 2.20. The van der Waals surface area contributed by atoms with Gasteiger partial charge in [0.15, 0.2) is 0 Å². The van der Waals surface area contributed by atoms with E-state index in [0.29, 0.717) is 0 Å². The van der Waals surface area contributed by atoms with Crippen LogP contribution in [0.2, 0.25) is 5.02 Å². The molecule has 1 atom stereocenters. The lowest BCUT2D eigenvalue weighted by molar-refractivity contribution is 0.322. The van der Waals surface area contributed by atoms with Crippen molar-refractivity contribution in [2.45, 2.75) is 25.3 Å². The summed E-state index contributed by atoms with van der Waals surface area (Å²) in [4.78, 5) is 2.50. The summed E-state index contributed by atoms with van der Waals surface area (Å²) >= 11 is 5.85. The molecule has 1 saturated heterocycles. The third kappa shape index (κ3) is 3.21. The summed E-state index contributed by atoms with van der Waals surface area (Å²) in [6.07, 6.45) is 3.72. The Bertz CT molecular complexity index is 317. The maximum absolute atomic E-state index is 6.15. The van der Waals surface area contributed by atoms with Gasteiger partial charge in [0.2, 0.25) is 0 Å². The third-order valence-electron chi connectivity index (χ3n) is 3.25. The number of halogens is 1. The Kier molecular flexibility index (Phi) is 4.22. The Morgan fingerprint density at radius 1 is 1.19 bits per heavy atom. The fraction of sp³-hybridized carbons (Fsp3) is 0.538. The van der Waals surface area contributed by atoms with Crippen molar-refractivity contribution in [2.75, 3.05) is 19.6 Å². The monoisotopic (exact) mass is 238 g/mol. The highest BCUT2D eigenvalue weighted by Crippen LogP contribution is 2.18. The van der Waals surface area contributed by atoms with Crippen LogP contribution in [-0.2, 0) is 0 Å². The molecule has 1 heterocycles. The summed E-state index contributed by atoms with van der Waals surface area (Å²) in [5.74, 6) is 0. The van der Waals surface area contributed by atoms with Crippen LogP contribution >= 0.6 is 11.6 Å². The summed E-state index contributed by atoms with van der Waals surface area (Å²) in [6, 6.07) is 8.01. The molecule has 1 unspecified atom stereocenters. The lowest BCUT2D eigenvalue weighted by Crippen LogP contribution is -2.24. The largest absolute Gasteiger partial charge is 0.324 e. The molecule has 16 heavy (non-hydrogen) atoms. The smallest absolute Gasteiger partial charge is 0.0406 e. The molecule has 3 heteroatoms. The summed E-state index contributed by atoms with van der Waals surface area (Å²) < 4.78 is 0. The van der Waals surface area contributed by atoms with Crippen LogP contribution < -0.4 is 5.73 Å². The van der Waals surface area contributed by atoms with Crippen molar-refractivity contribution >= 4 is 11.6 Å². The van der Waals surface area contributed by atoms with Gasteiger partial charge in [0.1, 0.15) is 0 Å². The molecular weight excluding hydrogens is 220 g/mol. The van der Waals surface area contributed by atoms with Crippen molar-refractivity contribution in [1.29, 1.82) is 0 Å². The molecule has 0 spiro atoms. The number of hydrogen-bond donors (Lipinski definition) is 1. The number of benzene rings is 1. The molecule has 2 rings (SSSR count). The Morgan fingerprint density at radius 3 is 2.44 bits per heavy atom. The minimum Gasteiger partial charge on any atom is -0.324 e. The van der Waals surface area contributed by atoms with E-state index in [1.54, 1.807) is 0 Å². The Balaban J connectivity index is 1.82. The van der Waals surface area contributed by atoms with Crippen molar-refractivity contribution in [3.8, 4) is 0 Å². The van der Waals surface area contributed by atoms with Gasteiger partial charge in [0, 0.05) is 11.1 Å². The molecule has 2 nitrogen and oxygen atoms in total. The van der Waals surface area contributed by atoms with E-state index in [1.165, 1.54) is 31.5 Å². The molecule has 2 N–H and O–H groups in total. The first-order valence-corrected chi connectivity index (χ1v) is 6.37. The van der Waals surface area contributed by atoms with Gasteiger partial charge in [-0.2, -0.15) is 0 Å². The van der Waals surface area contributed by atoms with Crippen LogP contribution in [0.15, 0.2) is 24.3 Å². The second kappa shape index (κ2) is 5.67. The molecule has 1 aromatic rings. The van der Waals surface area contributed by atoms with Crippen LogP contribution in [0.3, 0.4) is 0 Å². The molecule has 88 valence electrons. The number of likely N-dealkylation sites (tertiary alicyclic amines) is 1. The van der Waals surface area contributed by atoms with Gasteiger partial charge in [-0.25, -0.2) is 0 Å². The molecule has 0 aliphatic carbocycles. The van der Waals surface area contributed by atoms with E-state index >= 15 is 0 Å². The van der Waals surface area contributed by atoms with Crippen LogP contribution in [-0.4, -0.2) is 24.5 Å². The standard InChI is InChI=1S/C13H19ClN2/c14-12-5-3-11(4-6-12)13(15)7-10-16-8-1-2-9-16/h3-6,13H,1-2,7-10,15H2. The SMILES string of the molecule is NC(CCN1CCCC1)c1ccc(Cl)cc1. The molecule has 1 fully saturated rings. The third-order valence-corrected chi connectivity index (χ3v) is 3.51. The highest BCUT2D eigenvalue weighted by molar-refractivity contribution is 6.30. The summed E-state index contributed by atoms with van der Waals surface area (Å²) in [5.41, 5.74) is 7.34. The van der Waals surface area contributed by atoms with Gasteiger partial charge >= 0.3 is 0 Å². The fourth-order valence-corrected chi connectivity index (χ4v) is 2.33. The Morgan fingerprint density at radius 2 is 1.81 bits per heavy atom. The first-order chi connectivity index (χ1) is 7.75. The van der Waals surface area contributed by atoms with Gasteiger partial charge in [-0.15, -0.1) is 0 Å². The first-order valence-electron chi connectivity index (χ1n) is 5.99. The average molecular weight is 239 g/mol. The summed E-state index contributed by atoms with van der Waals surface area (Å²) in [7, 11) is 0. The Labute approximate surface area is 102 Å². The van der Waals surface area contributed by atoms with Crippen molar-refractivity contribution in [2.24, 2.45) is 5.73 Å². The highest BCUT2D eigenvalue weighted by Gasteiger charge is 2.13. The van der Waals surface area contributed by atoms with E-state index in [1.807, 2.05) is 24.3 Å². The van der Waals surface area contributed by atoms with Gasteiger partial charge in [-0.05, 0) is 56.6 Å². The lowest BCUT2D eigenvalue weighted by atomic mass is 10.0. The van der Waals surface area contributed by atoms with E-state index in [9.17, 15) is 0 Å². The molecule has 1 aliphatic rings. The van der Waals surface area contributed by atoms with Crippen LogP contribution in [0.5, 0.6) is 0 Å². The number of hydrogen-bond acceptors (Lipinski definition) is 2.